The van der Waals surface area contributed by atoms with Crippen molar-refractivity contribution >= 4 is 12.5 Å². The van der Waals surface area contributed by atoms with E-state index in [2.05, 4.69) is 10.2 Å². The van der Waals surface area contributed by atoms with Gasteiger partial charge in [-0.3, -0.25) is 9.69 Å². The van der Waals surface area contributed by atoms with Crippen LogP contribution in [0.2, 0.25) is 0 Å². The largest absolute Gasteiger partial charge is 0.444 e. The van der Waals surface area contributed by atoms with Crippen molar-refractivity contribution in [2.75, 3.05) is 26.2 Å². The number of alkyl carbamates (subject to hydrolysis) is 1. The maximum atomic E-state index is 11.8. The van der Waals surface area contributed by atoms with Gasteiger partial charge in [0.2, 0.25) is 6.41 Å². The molecule has 126 valence electrons. The Morgan fingerprint density at radius 3 is 2.18 bits per heavy atom. The molecule has 0 unspecified atom stereocenters. The number of nitrogens with zero attached hydrogens (tertiary/aromatic N) is 2. The van der Waals surface area contributed by atoms with Crippen molar-refractivity contribution in [1.82, 2.24) is 15.1 Å². The summed E-state index contributed by atoms with van der Waals surface area (Å²) in [7, 11) is 0. The summed E-state index contributed by atoms with van der Waals surface area (Å²) in [6, 6.07) is 0.813. The van der Waals surface area contributed by atoms with Gasteiger partial charge in [-0.25, -0.2) is 4.79 Å². The summed E-state index contributed by atoms with van der Waals surface area (Å²) < 4.78 is 5.31. The molecule has 0 aromatic heterocycles. The molecule has 1 heterocycles. The molecule has 2 fully saturated rings. The lowest BCUT2D eigenvalue weighted by Gasteiger charge is -2.41. The van der Waals surface area contributed by atoms with E-state index in [0.717, 1.165) is 58.3 Å². The summed E-state index contributed by atoms with van der Waals surface area (Å²) >= 11 is 0. The monoisotopic (exact) mass is 311 g/mol. The number of piperazine rings is 1. The molecule has 1 N–H and O–H groups in total. The van der Waals surface area contributed by atoms with Gasteiger partial charge in [0.25, 0.3) is 0 Å². The fourth-order valence-corrected chi connectivity index (χ4v) is 3.27. The van der Waals surface area contributed by atoms with E-state index in [1.807, 2.05) is 25.7 Å². The third-order valence-electron chi connectivity index (χ3n) is 4.43. The summed E-state index contributed by atoms with van der Waals surface area (Å²) in [5.74, 6) is 0. The molecular weight excluding hydrogens is 282 g/mol. The van der Waals surface area contributed by atoms with Crippen LogP contribution in [0.5, 0.6) is 0 Å². The maximum absolute atomic E-state index is 11.8. The Labute approximate surface area is 133 Å². The second kappa shape index (κ2) is 7.31. The molecule has 1 aliphatic heterocycles. The lowest BCUT2D eigenvalue weighted by Crippen LogP contribution is -2.52. The molecule has 0 aromatic rings. The highest BCUT2D eigenvalue weighted by Gasteiger charge is 2.29. The van der Waals surface area contributed by atoms with Crippen molar-refractivity contribution in [3.05, 3.63) is 0 Å². The van der Waals surface area contributed by atoms with Gasteiger partial charge in [0.05, 0.1) is 0 Å². The predicted molar refractivity (Wildman–Crippen MR) is 84.6 cm³/mol. The standard InChI is InChI=1S/C16H29N3O3/c1-16(2,3)22-15(21)17-13-4-6-14(7-5-13)19-10-8-18(12-20)9-11-19/h12-14H,4-11H2,1-3H3,(H,17,21). The minimum Gasteiger partial charge on any atom is -0.444 e. The Morgan fingerprint density at radius 2 is 1.68 bits per heavy atom. The highest BCUT2D eigenvalue weighted by atomic mass is 16.6. The van der Waals surface area contributed by atoms with Gasteiger partial charge in [-0.05, 0) is 46.5 Å². The number of amides is 2. The van der Waals surface area contributed by atoms with E-state index in [1.165, 1.54) is 0 Å². The molecule has 6 heteroatoms. The van der Waals surface area contributed by atoms with E-state index in [4.69, 9.17) is 4.74 Å². The summed E-state index contributed by atoms with van der Waals surface area (Å²) in [5.41, 5.74) is -0.445. The summed E-state index contributed by atoms with van der Waals surface area (Å²) in [4.78, 5) is 26.9. The topological polar surface area (TPSA) is 61.9 Å². The molecular formula is C16H29N3O3. The first-order valence-electron chi connectivity index (χ1n) is 8.30. The summed E-state index contributed by atoms with van der Waals surface area (Å²) in [6.07, 6.45) is 4.83. The van der Waals surface area contributed by atoms with Crippen LogP contribution in [0.4, 0.5) is 4.79 Å². The Kier molecular flexibility index (Phi) is 5.67. The fraction of sp³-hybridized carbons (Fsp3) is 0.875. The molecule has 0 bridgehead atoms. The zero-order chi connectivity index (χ0) is 16.2. The molecule has 0 spiro atoms. The average molecular weight is 311 g/mol. The molecule has 2 aliphatic rings. The van der Waals surface area contributed by atoms with Gasteiger partial charge in [0.15, 0.2) is 0 Å². The van der Waals surface area contributed by atoms with Gasteiger partial charge in [0, 0.05) is 38.3 Å². The molecule has 2 rings (SSSR count). The highest BCUT2D eigenvalue weighted by molar-refractivity contribution is 5.68. The number of rotatable bonds is 3. The first kappa shape index (κ1) is 17.1. The predicted octanol–water partition coefficient (Wildman–Crippen LogP) is 1.60. The molecule has 2 amide bonds. The van der Waals surface area contributed by atoms with Gasteiger partial charge in [-0.1, -0.05) is 0 Å². The number of carbonyl (C=O) groups excluding carboxylic acids is 2. The normalized spacial score (nSPS) is 27.3. The van der Waals surface area contributed by atoms with E-state index < -0.39 is 5.60 Å². The van der Waals surface area contributed by atoms with Crippen LogP contribution in [-0.4, -0.2) is 66.2 Å². The molecule has 0 atom stereocenters. The van der Waals surface area contributed by atoms with Crippen LogP contribution in [0.15, 0.2) is 0 Å². The molecule has 6 nitrogen and oxygen atoms in total. The van der Waals surface area contributed by atoms with E-state index >= 15 is 0 Å². The van der Waals surface area contributed by atoms with E-state index in [0.29, 0.717) is 6.04 Å². The van der Waals surface area contributed by atoms with Crippen LogP contribution in [-0.2, 0) is 9.53 Å². The number of nitrogens with one attached hydrogen (secondary N) is 1. The van der Waals surface area contributed by atoms with Gasteiger partial charge in [-0.15, -0.1) is 0 Å². The van der Waals surface area contributed by atoms with Crippen molar-refractivity contribution in [3.8, 4) is 0 Å². The van der Waals surface area contributed by atoms with E-state index in [9.17, 15) is 9.59 Å². The Balaban J connectivity index is 1.70. The number of ether oxygens (including phenoxy) is 1. The molecule has 0 aromatic carbocycles. The van der Waals surface area contributed by atoms with Crippen LogP contribution in [0, 0.1) is 0 Å². The fourth-order valence-electron chi connectivity index (χ4n) is 3.27. The summed E-state index contributed by atoms with van der Waals surface area (Å²) in [6.45, 7) is 9.23. The van der Waals surface area contributed by atoms with Crippen LogP contribution in [0.25, 0.3) is 0 Å². The first-order chi connectivity index (χ1) is 10.4. The molecule has 1 saturated heterocycles. The SMILES string of the molecule is CC(C)(C)OC(=O)NC1CCC(N2CCN(C=O)CC2)CC1. The smallest absolute Gasteiger partial charge is 0.407 e. The third kappa shape index (κ3) is 5.16. The zero-order valence-electron chi connectivity index (χ0n) is 14.0. The molecule has 0 radical (unpaired) electrons. The van der Waals surface area contributed by atoms with Crippen LogP contribution in [0.3, 0.4) is 0 Å². The van der Waals surface area contributed by atoms with E-state index in [1.54, 1.807) is 0 Å². The van der Waals surface area contributed by atoms with Gasteiger partial charge >= 0.3 is 6.09 Å². The average Bonchev–Trinajstić information content (AvgIpc) is 2.46. The Morgan fingerprint density at radius 1 is 1.09 bits per heavy atom. The lowest BCUT2D eigenvalue weighted by molar-refractivity contribution is -0.120. The molecule has 1 saturated carbocycles. The zero-order valence-corrected chi connectivity index (χ0v) is 14.0. The van der Waals surface area contributed by atoms with Crippen molar-refractivity contribution in [2.24, 2.45) is 0 Å². The van der Waals surface area contributed by atoms with Crippen LogP contribution in [0.1, 0.15) is 46.5 Å². The Hall–Kier alpha value is -1.30. The highest BCUT2D eigenvalue weighted by Crippen LogP contribution is 2.24. The number of hydrogen-bond donors (Lipinski definition) is 1. The van der Waals surface area contributed by atoms with Gasteiger partial charge in [0.1, 0.15) is 5.60 Å². The van der Waals surface area contributed by atoms with Crippen molar-refractivity contribution in [3.63, 3.8) is 0 Å². The lowest BCUT2D eigenvalue weighted by atomic mass is 9.90. The maximum Gasteiger partial charge on any atom is 0.407 e. The van der Waals surface area contributed by atoms with Crippen molar-refractivity contribution < 1.29 is 14.3 Å². The first-order valence-corrected chi connectivity index (χ1v) is 8.30. The van der Waals surface area contributed by atoms with Crippen LogP contribution < -0.4 is 5.32 Å². The minimum atomic E-state index is -0.445. The van der Waals surface area contributed by atoms with Crippen molar-refractivity contribution in [2.45, 2.75) is 64.1 Å². The van der Waals surface area contributed by atoms with Gasteiger partial charge in [-0.2, -0.15) is 0 Å². The van der Waals surface area contributed by atoms with Gasteiger partial charge < -0.3 is 15.0 Å². The quantitative estimate of drug-likeness (QED) is 0.804. The van der Waals surface area contributed by atoms with Crippen molar-refractivity contribution in [1.29, 1.82) is 0 Å². The molecule has 22 heavy (non-hydrogen) atoms. The summed E-state index contributed by atoms with van der Waals surface area (Å²) in [5, 5.41) is 2.98. The second-order valence-corrected chi connectivity index (χ2v) is 7.33. The minimum absolute atomic E-state index is 0.224. The third-order valence-corrected chi connectivity index (χ3v) is 4.43. The van der Waals surface area contributed by atoms with Crippen LogP contribution >= 0.6 is 0 Å². The second-order valence-electron chi connectivity index (χ2n) is 7.33. The molecule has 1 aliphatic carbocycles. The number of carbonyl (C=O) groups is 2. The number of hydrogen-bond acceptors (Lipinski definition) is 4. The Bertz CT molecular complexity index is 379. The van der Waals surface area contributed by atoms with E-state index in [-0.39, 0.29) is 12.1 Å².